The van der Waals surface area contributed by atoms with Gasteiger partial charge in [0.05, 0.1) is 6.61 Å². The van der Waals surface area contributed by atoms with Gasteiger partial charge in [0.15, 0.2) is 0 Å². The van der Waals surface area contributed by atoms with Gasteiger partial charge in [-0.15, -0.1) is 0 Å². The molecule has 2 N–H and O–H groups in total. The van der Waals surface area contributed by atoms with Crippen molar-refractivity contribution < 1.29 is 4.74 Å². The van der Waals surface area contributed by atoms with Crippen molar-refractivity contribution in [3.8, 4) is 0 Å². The largest absolute Gasteiger partial charge is 0.381 e. The van der Waals surface area contributed by atoms with Crippen molar-refractivity contribution in [1.29, 1.82) is 0 Å². The highest BCUT2D eigenvalue weighted by Crippen LogP contribution is 2.38. The van der Waals surface area contributed by atoms with Gasteiger partial charge in [-0.1, -0.05) is 26.7 Å². The Morgan fingerprint density at radius 2 is 2.08 bits per heavy atom. The SMILES string of the molecule is CCC(CC)C1(CN)CCCOC1. The van der Waals surface area contributed by atoms with E-state index in [-0.39, 0.29) is 0 Å². The van der Waals surface area contributed by atoms with Crippen molar-refractivity contribution in [2.75, 3.05) is 19.8 Å². The summed E-state index contributed by atoms with van der Waals surface area (Å²) in [5.41, 5.74) is 6.20. The van der Waals surface area contributed by atoms with Crippen LogP contribution in [0.5, 0.6) is 0 Å². The van der Waals surface area contributed by atoms with E-state index in [1.807, 2.05) is 0 Å². The Bertz CT molecular complexity index is 137. The second-order valence-electron chi connectivity index (χ2n) is 4.24. The molecule has 1 heterocycles. The van der Waals surface area contributed by atoms with Crippen LogP contribution >= 0.6 is 0 Å². The van der Waals surface area contributed by atoms with Crippen LogP contribution in [-0.2, 0) is 4.74 Å². The van der Waals surface area contributed by atoms with Crippen molar-refractivity contribution in [3.63, 3.8) is 0 Å². The molecule has 1 fully saturated rings. The Hall–Kier alpha value is -0.0800. The van der Waals surface area contributed by atoms with Gasteiger partial charge in [0.2, 0.25) is 0 Å². The van der Waals surface area contributed by atoms with E-state index in [0.29, 0.717) is 5.41 Å². The van der Waals surface area contributed by atoms with Gasteiger partial charge >= 0.3 is 0 Å². The lowest BCUT2D eigenvalue weighted by Gasteiger charge is -2.42. The molecule has 0 bridgehead atoms. The summed E-state index contributed by atoms with van der Waals surface area (Å²) in [7, 11) is 0. The lowest BCUT2D eigenvalue weighted by atomic mass is 9.69. The van der Waals surface area contributed by atoms with Gasteiger partial charge in [-0.05, 0) is 18.8 Å². The maximum Gasteiger partial charge on any atom is 0.0537 e. The molecule has 0 saturated carbocycles. The van der Waals surface area contributed by atoms with Crippen molar-refractivity contribution in [1.82, 2.24) is 0 Å². The molecule has 0 aromatic heterocycles. The highest BCUT2D eigenvalue weighted by atomic mass is 16.5. The van der Waals surface area contributed by atoms with Gasteiger partial charge in [0.25, 0.3) is 0 Å². The van der Waals surface area contributed by atoms with Gasteiger partial charge in [-0.25, -0.2) is 0 Å². The summed E-state index contributed by atoms with van der Waals surface area (Å²) in [5, 5.41) is 0. The number of hydrogen-bond donors (Lipinski definition) is 1. The van der Waals surface area contributed by atoms with Crippen LogP contribution in [0.25, 0.3) is 0 Å². The summed E-state index contributed by atoms with van der Waals surface area (Å²) >= 11 is 0. The lowest BCUT2D eigenvalue weighted by Crippen LogP contribution is -2.44. The van der Waals surface area contributed by atoms with E-state index in [9.17, 15) is 0 Å². The summed E-state index contributed by atoms with van der Waals surface area (Å²) in [5.74, 6) is 0.748. The maximum atomic E-state index is 5.91. The van der Waals surface area contributed by atoms with E-state index in [1.165, 1.54) is 25.7 Å². The highest BCUT2D eigenvalue weighted by Gasteiger charge is 2.37. The first-order chi connectivity index (χ1) is 6.29. The van der Waals surface area contributed by atoms with E-state index in [2.05, 4.69) is 13.8 Å². The van der Waals surface area contributed by atoms with Crippen LogP contribution in [0.2, 0.25) is 0 Å². The fraction of sp³-hybridized carbons (Fsp3) is 1.00. The van der Waals surface area contributed by atoms with Crippen LogP contribution in [0.1, 0.15) is 39.5 Å². The second-order valence-corrected chi connectivity index (χ2v) is 4.24. The Labute approximate surface area is 81.8 Å². The molecule has 78 valence electrons. The summed E-state index contributed by atoms with van der Waals surface area (Å²) in [4.78, 5) is 0. The quantitative estimate of drug-likeness (QED) is 0.728. The third kappa shape index (κ3) is 2.23. The maximum absolute atomic E-state index is 5.91. The molecule has 2 heteroatoms. The normalized spacial score (nSPS) is 29.5. The zero-order valence-electron chi connectivity index (χ0n) is 9.01. The predicted molar refractivity (Wildman–Crippen MR) is 55.6 cm³/mol. The molecule has 1 aliphatic heterocycles. The van der Waals surface area contributed by atoms with Crippen LogP contribution in [0, 0.1) is 11.3 Å². The summed E-state index contributed by atoms with van der Waals surface area (Å²) in [6, 6.07) is 0. The van der Waals surface area contributed by atoms with Gasteiger partial charge in [-0.2, -0.15) is 0 Å². The molecule has 0 radical (unpaired) electrons. The Morgan fingerprint density at radius 1 is 1.38 bits per heavy atom. The second kappa shape index (κ2) is 4.97. The predicted octanol–water partition coefficient (Wildman–Crippen LogP) is 2.18. The molecule has 1 aliphatic rings. The van der Waals surface area contributed by atoms with Crippen LogP contribution in [0.4, 0.5) is 0 Å². The molecule has 1 atom stereocenters. The zero-order valence-corrected chi connectivity index (χ0v) is 9.01. The zero-order chi connectivity index (χ0) is 9.73. The topological polar surface area (TPSA) is 35.2 Å². The minimum absolute atomic E-state index is 0.293. The standard InChI is InChI=1S/C11H23NO/c1-3-10(4-2)11(8-12)6-5-7-13-9-11/h10H,3-9,12H2,1-2H3. The number of ether oxygens (including phenoxy) is 1. The van der Waals surface area contributed by atoms with E-state index >= 15 is 0 Å². The third-order valence-electron chi connectivity index (χ3n) is 3.61. The summed E-state index contributed by atoms with van der Waals surface area (Å²) in [6.07, 6.45) is 4.91. The smallest absolute Gasteiger partial charge is 0.0537 e. The third-order valence-corrected chi connectivity index (χ3v) is 3.61. The number of nitrogens with two attached hydrogens (primary N) is 1. The molecule has 13 heavy (non-hydrogen) atoms. The van der Waals surface area contributed by atoms with Gasteiger partial charge in [0, 0.05) is 18.6 Å². The molecule has 1 saturated heterocycles. The van der Waals surface area contributed by atoms with E-state index in [0.717, 1.165) is 25.7 Å². The first kappa shape index (κ1) is 11.0. The summed E-state index contributed by atoms with van der Waals surface area (Å²) < 4.78 is 5.58. The van der Waals surface area contributed by atoms with Crippen LogP contribution in [0.15, 0.2) is 0 Å². The van der Waals surface area contributed by atoms with Crippen molar-refractivity contribution in [2.24, 2.45) is 17.1 Å². The Balaban J connectivity index is 2.64. The van der Waals surface area contributed by atoms with E-state index in [4.69, 9.17) is 10.5 Å². The minimum atomic E-state index is 0.293. The molecule has 0 spiro atoms. The molecule has 1 rings (SSSR count). The highest BCUT2D eigenvalue weighted by molar-refractivity contribution is 4.88. The van der Waals surface area contributed by atoms with Gasteiger partial charge in [-0.3, -0.25) is 0 Å². The first-order valence-corrected chi connectivity index (χ1v) is 5.57. The Morgan fingerprint density at radius 3 is 2.46 bits per heavy atom. The van der Waals surface area contributed by atoms with Crippen molar-refractivity contribution >= 4 is 0 Å². The number of hydrogen-bond acceptors (Lipinski definition) is 2. The van der Waals surface area contributed by atoms with E-state index < -0.39 is 0 Å². The van der Waals surface area contributed by atoms with Gasteiger partial charge in [0.1, 0.15) is 0 Å². The molecule has 1 unspecified atom stereocenters. The molecular weight excluding hydrogens is 162 g/mol. The molecule has 0 aromatic rings. The van der Waals surface area contributed by atoms with Gasteiger partial charge < -0.3 is 10.5 Å². The fourth-order valence-corrected chi connectivity index (χ4v) is 2.68. The molecule has 0 aliphatic carbocycles. The molecule has 2 nitrogen and oxygen atoms in total. The fourth-order valence-electron chi connectivity index (χ4n) is 2.68. The Kier molecular flexibility index (Phi) is 4.20. The van der Waals surface area contributed by atoms with Crippen LogP contribution in [-0.4, -0.2) is 19.8 Å². The van der Waals surface area contributed by atoms with Crippen molar-refractivity contribution in [2.45, 2.75) is 39.5 Å². The number of rotatable bonds is 4. The average molecular weight is 185 g/mol. The molecule has 0 amide bonds. The van der Waals surface area contributed by atoms with Crippen LogP contribution < -0.4 is 5.73 Å². The first-order valence-electron chi connectivity index (χ1n) is 5.57. The molecule has 0 aromatic carbocycles. The lowest BCUT2D eigenvalue weighted by molar-refractivity contribution is -0.0392. The minimum Gasteiger partial charge on any atom is -0.381 e. The summed E-state index contributed by atoms with van der Waals surface area (Å²) in [6.45, 7) is 7.14. The monoisotopic (exact) mass is 185 g/mol. The van der Waals surface area contributed by atoms with Crippen molar-refractivity contribution in [3.05, 3.63) is 0 Å². The van der Waals surface area contributed by atoms with Crippen LogP contribution in [0.3, 0.4) is 0 Å². The van der Waals surface area contributed by atoms with E-state index in [1.54, 1.807) is 0 Å². The average Bonchev–Trinajstić information content (AvgIpc) is 2.21. The molecular formula is C11H23NO.